The highest BCUT2D eigenvalue weighted by atomic mass is 16.3. The quantitative estimate of drug-likeness (QED) is 0.684. The van der Waals surface area contributed by atoms with Gasteiger partial charge in [-0.3, -0.25) is 4.90 Å². The van der Waals surface area contributed by atoms with Crippen molar-refractivity contribution in [2.45, 2.75) is 71.0 Å². The van der Waals surface area contributed by atoms with E-state index in [-0.39, 0.29) is 6.61 Å². The minimum absolute atomic E-state index is 0.0695. The van der Waals surface area contributed by atoms with Gasteiger partial charge in [-0.25, -0.2) is 0 Å². The maximum atomic E-state index is 9.25. The second-order valence-corrected chi connectivity index (χ2v) is 6.52. The standard InChI is InChI=1S/C14H30N2O/c1-11(2)7-8-16(13-5-6-13)12(3)9-14(4,15)10-17/h11-13,17H,5-10,15H2,1-4H3. The van der Waals surface area contributed by atoms with Crippen molar-refractivity contribution in [2.24, 2.45) is 11.7 Å². The Morgan fingerprint density at radius 2 is 1.94 bits per heavy atom. The first-order chi connectivity index (χ1) is 7.85. The number of nitrogens with two attached hydrogens (primary N) is 1. The predicted molar refractivity (Wildman–Crippen MR) is 72.9 cm³/mol. The first kappa shape index (κ1) is 14.9. The van der Waals surface area contributed by atoms with Gasteiger partial charge in [-0.15, -0.1) is 0 Å². The molecule has 0 aromatic carbocycles. The number of aliphatic hydroxyl groups is 1. The molecular formula is C14H30N2O. The van der Waals surface area contributed by atoms with Gasteiger partial charge in [-0.05, 0) is 52.0 Å². The Bertz CT molecular complexity index is 224. The normalized spacial score (nSPS) is 21.9. The Morgan fingerprint density at radius 3 is 2.35 bits per heavy atom. The second kappa shape index (κ2) is 6.17. The van der Waals surface area contributed by atoms with E-state index in [2.05, 4.69) is 25.7 Å². The Labute approximate surface area is 106 Å². The van der Waals surface area contributed by atoms with E-state index in [9.17, 15) is 5.11 Å². The van der Waals surface area contributed by atoms with Crippen LogP contribution in [-0.4, -0.2) is 40.8 Å². The van der Waals surface area contributed by atoms with Crippen molar-refractivity contribution in [3.63, 3.8) is 0 Å². The summed E-state index contributed by atoms with van der Waals surface area (Å²) in [5, 5.41) is 9.25. The van der Waals surface area contributed by atoms with E-state index >= 15 is 0 Å². The highest BCUT2D eigenvalue weighted by molar-refractivity contribution is 4.91. The topological polar surface area (TPSA) is 49.5 Å². The minimum Gasteiger partial charge on any atom is -0.394 e. The highest BCUT2D eigenvalue weighted by Gasteiger charge is 2.34. The van der Waals surface area contributed by atoms with Crippen LogP contribution in [0.5, 0.6) is 0 Å². The van der Waals surface area contributed by atoms with Crippen molar-refractivity contribution in [3.8, 4) is 0 Å². The van der Waals surface area contributed by atoms with Crippen molar-refractivity contribution in [3.05, 3.63) is 0 Å². The fourth-order valence-electron chi connectivity index (χ4n) is 2.43. The van der Waals surface area contributed by atoms with Gasteiger partial charge < -0.3 is 10.8 Å². The minimum atomic E-state index is -0.440. The monoisotopic (exact) mass is 242 g/mol. The molecule has 0 aliphatic heterocycles. The number of hydrogen-bond acceptors (Lipinski definition) is 3. The van der Waals surface area contributed by atoms with E-state index in [1.807, 2.05) is 6.92 Å². The van der Waals surface area contributed by atoms with Crippen LogP contribution in [0.15, 0.2) is 0 Å². The molecule has 1 rings (SSSR count). The lowest BCUT2D eigenvalue weighted by Gasteiger charge is -2.34. The predicted octanol–water partition coefficient (Wildman–Crippen LogP) is 1.99. The summed E-state index contributed by atoms with van der Waals surface area (Å²) < 4.78 is 0. The van der Waals surface area contributed by atoms with Crippen LogP contribution < -0.4 is 5.73 Å². The van der Waals surface area contributed by atoms with E-state index in [0.717, 1.165) is 18.4 Å². The Balaban J connectivity index is 2.46. The smallest absolute Gasteiger partial charge is 0.0609 e. The van der Waals surface area contributed by atoms with Gasteiger partial charge in [0.15, 0.2) is 0 Å². The van der Waals surface area contributed by atoms with E-state index in [0.29, 0.717) is 6.04 Å². The molecule has 0 spiro atoms. The van der Waals surface area contributed by atoms with Crippen molar-refractivity contribution in [1.82, 2.24) is 4.90 Å². The second-order valence-electron chi connectivity index (χ2n) is 6.52. The van der Waals surface area contributed by atoms with Crippen LogP contribution in [0.3, 0.4) is 0 Å². The maximum Gasteiger partial charge on any atom is 0.0609 e. The van der Waals surface area contributed by atoms with Crippen LogP contribution >= 0.6 is 0 Å². The molecule has 17 heavy (non-hydrogen) atoms. The van der Waals surface area contributed by atoms with Crippen LogP contribution in [0, 0.1) is 5.92 Å². The molecular weight excluding hydrogens is 212 g/mol. The molecule has 3 nitrogen and oxygen atoms in total. The van der Waals surface area contributed by atoms with Gasteiger partial charge in [0.1, 0.15) is 0 Å². The summed E-state index contributed by atoms with van der Waals surface area (Å²) in [6.07, 6.45) is 4.80. The molecule has 3 N–H and O–H groups in total. The Hall–Kier alpha value is -0.120. The average molecular weight is 242 g/mol. The molecule has 0 heterocycles. The van der Waals surface area contributed by atoms with Crippen LogP contribution in [-0.2, 0) is 0 Å². The fraction of sp³-hybridized carbons (Fsp3) is 1.00. The summed E-state index contributed by atoms with van der Waals surface area (Å²) in [5.74, 6) is 0.755. The van der Waals surface area contributed by atoms with Gasteiger partial charge >= 0.3 is 0 Å². The Kier molecular flexibility index (Phi) is 5.42. The van der Waals surface area contributed by atoms with Crippen LogP contribution in [0.1, 0.15) is 53.4 Å². The SMILES string of the molecule is CC(C)CCN(C(C)CC(C)(N)CO)C1CC1. The van der Waals surface area contributed by atoms with E-state index in [1.165, 1.54) is 25.8 Å². The molecule has 1 aliphatic carbocycles. The maximum absolute atomic E-state index is 9.25. The molecule has 0 aromatic heterocycles. The van der Waals surface area contributed by atoms with Gasteiger partial charge in [0.25, 0.3) is 0 Å². The van der Waals surface area contributed by atoms with Gasteiger partial charge in [0.05, 0.1) is 6.61 Å². The van der Waals surface area contributed by atoms with Gasteiger partial charge in [-0.1, -0.05) is 13.8 Å². The molecule has 0 saturated heterocycles. The van der Waals surface area contributed by atoms with E-state index < -0.39 is 5.54 Å². The van der Waals surface area contributed by atoms with Crippen molar-refractivity contribution in [1.29, 1.82) is 0 Å². The summed E-state index contributed by atoms with van der Waals surface area (Å²) in [4.78, 5) is 2.60. The molecule has 0 aromatic rings. The van der Waals surface area contributed by atoms with Crippen LogP contribution in [0.2, 0.25) is 0 Å². The molecule has 3 heteroatoms. The molecule has 1 saturated carbocycles. The van der Waals surface area contributed by atoms with Crippen molar-refractivity contribution >= 4 is 0 Å². The zero-order chi connectivity index (χ0) is 13.1. The van der Waals surface area contributed by atoms with Crippen LogP contribution in [0.25, 0.3) is 0 Å². The number of nitrogens with zero attached hydrogens (tertiary/aromatic N) is 1. The summed E-state index contributed by atoms with van der Waals surface area (Å²) in [5.41, 5.74) is 5.61. The van der Waals surface area contributed by atoms with Gasteiger partial charge in [0, 0.05) is 17.6 Å². The van der Waals surface area contributed by atoms with Gasteiger partial charge in [-0.2, -0.15) is 0 Å². The molecule has 0 bridgehead atoms. The molecule has 102 valence electrons. The number of hydrogen-bond donors (Lipinski definition) is 2. The lowest BCUT2D eigenvalue weighted by atomic mass is 9.94. The van der Waals surface area contributed by atoms with Crippen molar-refractivity contribution in [2.75, 3.05) is 13.2 Å². The molecule has 0 amide bonds. The molecule has 0 radical (unpaired) electrons. The van der Waals surface area contributed by atoms with E-state index in [1.54, 1.807) is 0 Å². The van der Waals surface area contributed by atoms with Crippen LogP contribution in [0.4, 0.5) is 0 Å². The third-order valence-electron chi connectivity index (χ3n) is 3.67. The largest absolute Gasteiger partial charge is 0.394 e. The number of aliphatic hydroxyl groups excluding tert-OH is 1. The summed E-state index contributed by atoms with van der Waals surface area (Å²) >= 11 is 0. The summed E-state index contributed by atoms with van der Waals surface area (Å²) in [6.45, 7) is 9.98. The van der Waals surface area contributed by atoms with Crippen molar-refractivity contribution < 1.29 is 5.11 Å². The first-order valence-electron chi connectivity index (χ1n) is 7.01. The summed E-state index contributed by atoms with van der Waals surface area (Å²) in [6, 6.07) is 1.25. The zero-order valence-corrected chi connectivity index (χ0v) is 11.9. The fourth-order valence-corrected chi connectivity index (χ4v) is 2.43. The average Bonchev–Trinajstić information content (AvgIpc) is 3.01. The Morgan fingerprint density at radius 1 is 1.35 bits per heavy atom. The lowest BCUT2D eigenvalue weighted by Crippen LogP contribution is -2.48. The molecule has 1 aliphatic rings. The third kappa shape index (κ3) is 5.36. The molecule has 2 unspecified atom stereocenters. The summed E-state index contributed by atoms with van der Waals surface area (Å²) in [7, 11) is 0. The van der Waals surface area contributed by atoms with Gasteiger partial charge in [0.2, 0.25) is 0 Å². The zero-order valence-electron chi connectivity index (χ0n) is 11.9. The molecule has 1 fully saturated rings. The molecule has 2 atom stereocenters. The third-order valence-corrected chi connectivity index (χ3v) is 3.67. The highest BCUT2D eigenvalue weighted by Crippen LogP contribution is 2.31. The lowest BCUT2D eigenvalue weighted by molar-refractivity contribution is 0.127. The van der Waals surface area contributed by atoms with E-state index in [4.69, 9.17) is 5.73 Å². The number of rotatable bonds is 8. The first-order valence-corrected chi connectivity index (χ1v) is 7.01.